The summed E-state index contributed by atoms with van der Waals surface area (Å²) in [6.07, 6.45) is 3.67. The number of ether oxygens (including phenoxy) is 1. The maximum Gasteiger partial charge on any atom is 0.314 e. The Hall–Kier alpha value is -2.14. The normalized spacial score (nSPS) is 11.4. The molecule has 0 atom stereocenters. The van der Waals surface area contributed by atoms with Crippen molar-refractivity contribution in [1.82, 2.24) is 9.55 Å². The Kier molecular flexibility index (Phi) is 4.43. The van der Waals surface area contributed by atoms with E-state index < -0.39 is 0 Å². The second-order valence-corrected chi connectivity index (χ2v) is 5.76. The molecule has 0 radical (unpaired) electrons. The highest BCUT2D eigenvalue weighted by atomic mass is 16.5. The topological polar surface area (TPSA) is 64.3 Å². The number of hydrogen-bond acceptors (Lipinski definition) is 4. The van der Waals surface area contributed by atoms with Gasteiger partial charge in [0.25, 0.3) is 5.88 Å². The highest BCUT2D eigenvalue weighted by molar-refractivity contribution is 5.35. The Bertz CT molecular complexity index is 672. The summed E-state index contributed by atoms with van der Waals surface area (Å²) in [5.74, 6) is 0.584. The van der Waals surface area contributed by atoms with Gasteiger partial charge in [-0.15, -0.1) is 0 Å². The van der Waals surface area contributed by atoms with Gasteiger partial charge in [-0.25, -0.2) is 4.98 Å². The molecule has 0 unspecified atom stereocenters. The molecule has 5 nitrogen and oxygen atoms in total. The number of benzene rings is 1. The van der Waals surface area contributed by atoms with Crippen LogP contribution in [0.1, 0.15) is 26.3 Å². The van der Waals surface area contributed by atoms with E-state index in [-0.39, 0.29) is 23.6 Å². The van der Waals surface area contributed by atoms with E-state index in [4.69, 9.17) is 9.84 Å². The first-order valence-corrected chi connectivity index (χ1v) is 6.88. The average Bonchev–Trinajstić information content (AvgIpc) is 2.42. The number of aliphatic hydroxyl groups excluding tert-OH is 1. The van der Waals surface area contributed by atoms with Crippen molar-refractivity contribution in [1.29, 1.82) is 0 Å². The molecule has 0 aliphatic heterocycles. The van der Waals surface area contributed by atoms with E-state index in [0.717, 1.165) is 5.56 Å². The maximum absolute atomic E-state index is 12.4. The van der Waals surface area contributed by atoms with Gasteiger partial charge in [0, 0.05) is 24.5 Å². The minimum atomic E-state index is -0.344. The Morgan fingerprint density at radius 1 is 1.29 bits per heavy atom. The van der Waals surface area contributed by atoms with Crippen LogP contribution in [0.3, 0.4) is 0 Å². The van der Waals surface area contributed by atoms with E-state index in [2.05, 4.69) is 4.98 Å². The highest BCUT2D eigenvalue weighted by Gasteiger charge is 2.18. The molecular formula is C16H20N2O3. The van der Waals surface area contributed by atoms with Crippen molar-refractivity contribution in [3.63, 3.8) is 0 Å². The van der Waals surface area contributed by atoms with Crippen molar-refractivity contribution in [2.24, 2.45) is 0 Å². The quantitative estimate of drug-likeness (QED) is 0.937. The lowest BCUT2D eigenvalue weighted by atomic mass is 10.1. The van der Waals surface area contributed by atoms with Crippen LogP contribution in [0.15, 0.2) is 41.5 Å². The summed E-state index contributed by atoms with van der Waals surface area (Å²) >= 11 is 0. The Morgan fingerprint density at radius 3 is 2.67 bits per heavy atom. The van der Waals surface area contributed by atoms with Crippen LogP contribution in [0.5, 0.6) is 11.6 Å². The van der Waals surface area contributed by atoms with Crippen LogP contribution in [0.2, 0.25) is 0 Å². The van der Waals surface area contributed by atoms with Gasteiger partial charge < -0.3 is 14.4 Å². The maximum atomic E-state index is 12.4. The van der Waals surface area contributed by atoms with Gasteiger partial charge in [-0.3, -0.25) is 4.79 Å². The summed E-state index contributed by atoms with van der Waals surface area (Å²) < 4.78 is 7.26. The zero-order valence-electron chi connectivity index (χ0n) is 12.5. The summed E-state index contributed by atoms with van der Waals surface area (Å²) in [4.78, 5) is 16.4. The molecule has 1 aromatic heterocycles. The van der Waals surface area contributed by atoms with Crippen molar-refractivity contribution in [3.05, 3.63) is 52.6 Å². The number of aromatic nitrogens is 2. The second kappa shape index (κ2) is 6.10. The molecule has 21 heavy (non-hydrogen) atoms. The zero-order chi connectivity index (χ0) is 15.5. The molecule has 112 valence electrons. The van der Waals surface area contributed by atoms with Crippen LogP contribution in [-0.4, -0.2) is 21.3 Å². The van der Waals surface area contributed by atoms with Gasteiger partial charge in [-0.1, -0.05) is 18.2 Å². The first-order valence-electron chi connectivity index (χ1n) is 6.88. The number of aliphatic hydroxyl groups is 1. The molecule has 0 saturated carbocycles. The molecule has 5 heteroatoms. The van der Waals surface area contributed by atoms with Crippen LogP contribution in [0.25, 0.3) is 0 Å². The van der Waals surface area contributed by atoms with Gasteiger partial charge in [0.05, 0.1) is 0 Å². The molecule has 1 heterocycles. The molecule has 0 bridgehead atoms. The molecule has 0 saturated heterocycles. The third-order valence-electron chi connectivity index (χ3n) is 3.09. The van der Waals surface area contributed by atoms with Crippen molar-refractivity contribution < 1.29 is 9.84 Å². The largest absolute Gasteiger partial charge is 0.434 e. The number of rotatable bonds is 4. The van der Waals surface area contributed by atoms with Crippen molar-refractivity contribution in [3.8, 4) is 11.6 Å². The standard InChI is InChI=1S/C16H20N2O3/c1-16(2,3)18-10-9-17-14(15(18)20)21-13-7-5-4-6-12(13)8-11-19/h4-7,9-10,19H,8,11H2,1-3H3. The fourth-order valence-electron chi connectivity index (χ4n) is 2.03. The third-order valence-corrected chi connectivity index (χ3v) is 3.09. The van der Waals surface area contributed by atoms with E-state index in [9.17, 15) is 4.79 Å². The zero-order valence-corrected chi connectivity index (χ0v) is 12.5. The van der Waals surface area contributed by atoms with Crippen LogP contribution in [0, 0.1) is 0 Å². The Balaban J connectivity index is 2.40. The van der Waals surface area contributed by atoms with Crippen molar-refractivity contribution >= 4 is 0 Å². The molecule has 1 aromatic carbocycles. The molecule has 0 aliphatic carbocycles. The predicted octanol–water partition coefficient (Wildman–Crippen LogP) is 2.33. The van der Waals surface area contributed by atoms with Crippen molar-refractivity contribution in [2.75, 3.05) is 6.61 Å². The lowest BCUT2D eigenvalue weighted by molar-refractivity contribution is 0.297. The van der Waals surface area contributed by atoms with Gasteiger partial charge in [0.1, 0.15) is 5.75 Å². The van der Waals surface area contributed by atoms with Gasteiger partial charge in [0.15, 0.2) is 0 Å². The SMILES string of the molecule is CC(C)(C)n1ccnc(Oc2ccccc2CCO)c1=O. The van der Waals surface area contributed by atoms with Crippen LogP contribution < -0.4 is 10.3 Å². The predicted molar refractivity (Wildman–Crippen MR) is 80.8 cm³/mol. The Morgan fingerprint density at radius 2 is 2.00 bits per heavy atom. The second-order valence-electron chi connectivity index (χ2n) is 5.76. The van der Waals surface area contributed by atoms with Gasteiger partial charge in [0.2, 0.25) is 0 Å². The summed E-state index contributed by atoms with van der Waals surface area (Å²) in [6.45, 7) is 5.85. The summed E-state index contributed by atoms with van der Waals surface area (Å²) in [7, 11) is 0. The van der Waals surface area contributed by atoms with E-state index >= 15 is 0 Å². The van der Waals surface area contributed by atoms with E-state index in [1.54, 1.807) is 23.0 Å². The fraction of sp³-hybridized carbons (Fsp3) is 0.375. The molecule has 0 amide bonds. The van der Waals surface area contributed by atoms with Crippen molar-refractivity contribution in [2.45, 2.75) is 32.7 Å². The van der Waals surface area contributed by atoms with E-state index in [1.807, 2.05) is 39.0 Å². The van der Waals surface area contributed by atoms with E-state index in [1.165, 1.54) is 0 Å². The number of hydrogen-bond donors (Lipinski definition) is 1. The minimum Gasteiger partial charge on any atom is -0.434 e. The fourth-order valence-corrected chi connectivity index (χ4v) is 2.03. The first kappa shape index (κ1) is 15.3. The molecule has 2 aromatic rings. The molecule has 0 aliphatic rings. The lowest BCUT2D eigenvalue weighted by Gasteiger charge is -2.22. The number of para-hydroxylation sites is 1. The monoisotopic (exact) mass is 288 g/mol. The summed E-state index contributed by atoms with van der Waals surface area (Å²) in [5.41, 5.74) is 0.221. The molecular weight excluding hydrogens is 268 g/mol. The smallest absolute Gasteiger partial charge is 0.314 e. The van der Waals surface area contributed by atoms with Gasteiger partial charge in [-0.2, -0.15) is 0 Å². The minimum absolute atomic E-state index is 0.0226. The number of nitrogens with zero attached hydrogens (tertiary/aromatic N) is 2. The third kappa shape index (κ3) is 3.49. The molecule has 1 N–H and O–H groups in total. The van der Waals surface area contributed by atoms with Crippen LogP contribution >= 0.6 is 0 Å². The average molecular weight is 288 g/mol. The lowest BCUT2D eigenvalue weighted by Crippen LogP contribution is -2.34. The van der Waals surface area contributed by atoms with Crippen LogP contribution in [-0.2, 0) is 12.0 Å². The molecule has 0 spiro atoms. The summed E-state index contributed by atoms with van der Waals surface area (Å²) in [6, 6.07) is 7.31. The highest BCUT2D eigenvalue weighted by Crippen LogP contribution is 2.22. The first-order chi connectivity index (χ1) is 9.93. The van der Waals surface area contributed by atoms with Gasteiger partial charge in [-0.05, 0) is 38.8 Å². The summed E-state index contributed by atoms with van der Waals surface area (Å²) in [5, 5.41) is 9.08. The van der Waals surface area contributed by atoms with Gasteiger partial charge >= 0.3 is 5.56 Å². The molecule has 0 fully saturated rings. The van der Waals surface area contributed by atoms with E-state index in [0.29, 0.717) is 12.2 Å². The van der Waals surface area contributed by atoms with Crippen LogP contribution in [0.4, 0.5) is 0 Å². The Labute approximate surface area is 123 Å². The molecule has 2 rings (SSSR count).